The second kappa shape index (κ2) is 4.84. The minimum absolute atomic E-state index is 0.269. The first-order chi connectivity index (χ1) is 10.0. The molecule has 0 radical (unpaired) electrons. The number of halogens is 1. The maximum absolute atomic E-state index is 13.4. The van der Waals surface area contributed by atoms with Gasteiger partial charge in [0, 0.05) is 12.6 Å². The minimum atomic E-state index is -0.438. The van der Waals surface area contributed by atoms with Crippen molar-refractivity contribution in [3.63, 3.8) is 0 Å². The summed E-state index contributed by atoms with van der Waals surface area (Å²) in [6.45, 7) is 1.99. The summed E-state index contributed by atoms with van der Waals surface area (Å²) in [6.07, 6.45) is 2.11. The molecule has 108 valence electrons. The van der Waals surface area contributed by atoms with Gasteiger partial charge in [-0.15, -0.1) is 0 Å². The van der Waals surface area contributed by atoms with Crippen molar-refractivity contribution in [1.29, 1.82) is 0 Å². The van der Waals surface area contributed by atoms with E-state index in [0.29, 0.717) is 12.0 Å². The first kappa shape index (κ1) is 13.5. The number of fused-ring (bicyclic) bond motifs is 1. The van der Waals surface area contributed by atoms with Gasteiger partial charge in [-0.1, -0.05) is 12.1 Å². The van der Waals surface area contributed by atoms with Gasteiger partial charge in [0.1, 0.15) is 11.6 Å². The predicted octanol–water partition coefficient (Wildman–Crippen LogP) is 2.89. The summed E-state index contributed by atoms with van der Waals surface area (Å²) in [5.41, 5.74) is 1.75. The van der Waals surface area contributed by atoms with Gasteiger partial charge in [-0.2, -0.15) is 0 Å². The van der Waals surface area contributed by atoms with Crippen molar-refractivity contribution in [1.82, 2.24) is 4.98 Å². The van der Waals surface area contributed by atoms with E-state index in [0.717, 1.165) is 16.9 Å². The fourth-order valence-electron chi connectivity index (χ4n) is 2.68. The number of carbonyl (C=O) groups is 1. The number of ether oxygens (including phenoxy) is 1. The fraction of sp³-hybridized carbons (Fsp3) is 0.250. The van der Waals surface area contributed by atoms with E-state index in [4.69, 9.17) is 4.74 Å². The van der Waals surface area contributed by atoms with Crippen LogP contribution in [0.15, 0.2) is 36.5 Å². The third-order valence-corrected chi connectivity index (χ3v) is 3.79. The van der Waals surface area contributed by atoms with Gasteiger partial charge < -0.3 is 10.1 Å². The Bertz CT molecular complexity index is 717. The number of hydrogen-bond acceptors (Lipinski definition) is 4. The maximum atomic E-state index is 13.4. The third-order valence-electron chi connectivity index (χ3n) is 3.79. The van der Waals surface area contributed by atoms with Crippen molar-refractivity contribution in [3.05, 3.63) is 59.0 Å². The average Bonchev–Trinajstić information content (AvgIpc) is 2.83. The summed E-state index contributed by atoms with van der Waals surface area (Å²) in [5, 5.41) is 3.31. The molecule has 0 unspecified atom stereocenters. The zero-order chi connectivity index (χ0) is 15.0. The number of benzene rings is 1. The van der Waals surface area contributed by atoms with Crippen LogP contribution in [0.2, 0.25) is 0 Å². The van der Waals surface area contributed by atoms with Gasteiger partial charge in [0.25, 0.3) is 0 Å². The number of esters is 1. The van der Waals surface area contributed by atoms with Crippen molar-refractivity contribution >= 4 is 11.8 Å². The highest BCUT2D eigenvalue weighted by Gasteiger charge is 2.35. The summed E-state index contributed by atoms with van der Waals surface area (Å²) < 4.78 is 18.1. The molecular weight excluding hydrogens is 271 g/mol. The van der Waals surface area contributed by atoms with Crippen LogP contribution in [0.1, 0.15) is 28.4 Å². The van der Waals surface area contributed by atoms with Gasteiger partial charge in [-0.25, -0.2) is 14.2 Å². The lowest BCUT2D eigenvalue weighted by Crippen LogP contribution is -2.29. The minimum Gasteiger partial charge on any atom is -0.465 e. The predicted molar refractivity (Wildman–Crippen MR) is 76.7 cm³/mol. The average molecular weight is 286 g/mol. The number of nitrogens with one attached hydrogen (secondary N) is 1. The van der Waals surface area contributed by atoms with Gasteiger partial charge in [-0.3, -0.25) is 0 Å². The van der Waals surface area contributed by atoms with Gasteiger partial charge in [-0.05, 0) is 36.2 Å². The normalized spacial score (nSPS) is 19.8. The molecule has 0 saturated heterocycles. The van der Waals surface area contributed by atoms with Crippen LogP contribution in [-0.2, 0) is 16.7 Å². The second-order valence-electron chi connectivity index (χ2n) is 5.37. The fourth-order valence-corrected chi connectivity index (χ4v) is 2.68. The largest absolute Gasteiger partial charge is 0.465 e. The van der Waals surface area contributed by atoms with E-state index in [1.54, 1.807) is 12.1 Å². The number of methoxy groups -OCH3 is 1. The Kier molecular flexibility index (Phi) is 3.12. The van der Waals surface area contributed by atoms with Crippen LogP contribution in [0.25, 0.3) is 0 Å². The van der Waals surface area contributed by atoms with Crippen molar-refractivity contribution in [2.75, 3.05) is 12.4 Å². The molecule has 0 bridgehead atoms. The molecule has 5 heteroatoms. The Hall–Kier alpha value is -2.43. The molecule has 2 heterocycles. The lowest BCUT2D eigenvalue weighted by Gasteiger charge is -2.25. The molecule has 1 aromatic carbocycles. The van der Waals surface area contributed by atoms with Crippen molar-refractivity contribution in [2.45, 2.75) is 18.9 Å². The highest BCUT2D eigenvalue weighted by Crippen LogP contribution is 2.38. The molecule has 0 fully saturated rings. The Morgan fingerprint density at radius 3 is 2.95 bits per heavy atom. The summed E-state index contributed by atoms with van der Waals surface area (Å²) in [4.78, 5) is 15.8. The molecule has 1 aliphatic rings. The molecule has 2 aromatic rings. The number of hydrogen-bond donors (Lipinski definition) is 1. The van der Waals surface area contributed by atoms with Crippen LogP contribution in [0.4, 0.5) is 10.2 Å². The number of carbonyl (C=O) groups excluding carboxylic acids is 1. The van der Waals surface area contributed by atoms with Crippen LogP contribution in [-0.4, -0.2) is 18.1 Å². The topological polar surface area (TPSA) is 51.2 Å². The Balaban J connectivity index is 1.95. The lowest BCUT2D eigenvalue weighted by atomic mass is 9.89. The molecule has 4 nitrogen and oxygen atoms in total. The second-order valence-corrected chi connectivity index (χ2v) is 5.37. The van der Waals surface area contributed by atoms with Crippen LogP contribution in [0.5, 0.6) is 0 Å². The molecule has 21 heavy (non-hydrogen) atoms. The summed E-state index contributed by atoms with van der Waals surface area (Å²) in [5.74, 6) is 0.0359. The van der Waals surface area contributed by atoms with E-state index in [1.807, 2.05) is 13.0 Å². The lowest BCUT2D eigenvalue weighted by molar-refractivity contribution is 0.0600. The molecule has 3 rings (SSSR count). The van der Waals surface area contributed by atoms with Crippen LogP contribution in [0.3, 0.4) is 0 Å². The molecule has 0 saturated carbocycles. The smallest absolute Gasteiger partial charge is 0.339 e. The summed E-state index contributed by atoms with van der Waals surface area (Å²) in [7, 11) is 1.34. The Morgan fingerprint density at radius 1 is 1.43 bits per heavy atom. The highest BCUT2D eigenvalue weighted by atomic mass is 19.1. The standard InChI is InChI=1S/C16H15FN2O2/c1-16(12-4-3-5-13(17)7-12)8-10-6-11(15(20)21-2)9-18-14(10)19-16/h3-7,9H,8H2,1-2H3,(H,18,19)/t16-/m0/s1. The van der Waals surface area contributed by atoms with Crippen LogP contribution < -0.4 is 5.32 Å². The molecule has 0 spiro atoms. The van der Waals surface area contributed by atoms with Gasteiger partial charge in [0.05, 0.1) is 18.2 Å². The monoisotopic (exact) mass is 286 g/mol. The van der Waals surface area contributed by atoms with E-state index in [2.05, 4.69) is 10.3 Å². The zero-order valence-corrected chi connectivity index (χ0v) is 11.8. The quantitative estimate of drug-likeness (QED) is 0.862. The molecule has 1 aromatic heterocycles. The van der Waals surface area contributed by atoms with Gasteiger partial charge in [0.2, 0.25) is 0 Å². The van der Waals surface area contributed by atoms with Gasteiger partial charge >= 0.3 is 5.97 Å². The van der Waals surface area contributed by atoms with Crippen molar-refractivity contribution < 1.29 is 13.9 Å². The molecule has 1 atom stereocenters. The van der Waals surface area contributed by atoms with E-state index in [-0.39, 0.29) is 5.82 Å². The first-order valence-electron chi connectivity index (χ1n) is 6.63. The number of nitrogens with zero attached hydrogens (tertiary/aromatic N) is 1. The summed E-state index contributed by atoms with van der Waals surface area (Å²) in [6, 6.07) is 8.27. The molecule has 1 aliphatic heterocycles. The molecular formula is C16H15FN2O2. The van der Waals surface area contributed by atoms with E-state index < -0.39 is 11.5 Å². The SMILES string of the molecule is COC(=O)c1cnc2c(c1)C[C@@](C)(c1cccc(F)c1)N2. The van der Waals surface area contributed by atoms with E-state index >= 15 is 0 Å². The number of pyridine rings is 1. The number of rotatable bonds is 2. The van der Waals surface area contributed by atoms with E-state index in [9.17, 15) is 9.18 Å². The third kappa shape index (κ3) is 2.35. The molecule has 1 N–H and O–H groups in total. The number of aromatic nitrogens is 1. The van der Waals surface area contributed by atoms with Crippen molar-refractivity contribution in [2.24, 2.45) is 0 Å². The van der Waals surface area contributed by atoms with Crippen molar-refractivity contribution in [3.8, 4) is 0 Å². The Labute approximate surface area is 122 Å². The Morgan fingerprint density at radius 2 is 2.24 bits per heavy atom. The molecule has 0 amide bonds. The van der Waals surface area contributed by atoms with E-state index in [1.165, 1.54) is 25.4 Å². The number of anilines is 1. The molecule has 0 aliphatic carbocycles. The maximum Gasteiger partial charge on any atom is 0.339 e. The van der Waals surface area contributed by atoms with Gasteiger partial charge in [0.15, 0.2) is 0 Å². The summed E-state index contributed by atoms with van der Waals surface area (Å²) >= 11 is 0. The first-order valence-corrected chi connectivity index (χ1v) is 6.63. The van der Waals surface area contributed by atoms with Crippen LogP contribution >= 0.6 is 0 Å². The highest BCUT2D eigenvalue weighted by molar-refractivity contribution is 5.89. The van der Waals surface area contributed by atoms with Crippen LogP contribution in [0, 0.1) is 5.82 Å². The zero-order valence-electron chi connectivity index (χ0n) is 11.8.